The minimum atomic E-state index is -0.378. The van der Waals surface area contributed by atoms with Crippen LogP contribution in [0.4, 0.5) is 0 Å². The van der Waals surface area contributed by atoms with E-state index in [1.165, 1.54) is 0 Å². The van der Waals surface area contributed by atoms with Crippen LogP contribution >= 0.6 is 11.6 Å². The molecule has 1 heterocycles. The molecule has 1 aliphatic rings. The molecule has 1 aliphatic heterocycles. The van der Waals surface area contributed by atoms with Crippen LogP contribution in [0.3, 0.4) is 0 Å². The molecule has 11 heavy (non-hydrogen) atoms. The Morgan fingerprint density at radius 2 is 2.45 bits per heavy atom. The maximum absolute atomic E-state index is 10.8. The molecule has 1 amide bonds. The molecular formula is C7H10ClNO2. The number of amides is 1. The monoisotopic (exact) mass is 175 g/mol. The van der Waals surface area contributed by atoms with Gasteiger partial charge in [-0.3, -0.25) is 9.59 Å². The number of carbonyl (C=O) groups excluding carboxylic acids is 2. The van der Waals surface area contributed by atoms with Crippen molar-refractivity contribution in [2.24, 2.45) is 0 Å². The van der Waals surface area contributed by atoms with E-state index in [1.807, 2.05) is 0 Å². The molecule has 3 nitrogen and oxygen atoms in total. The Balaban J connectivity index is 2.34. The van der Waals surface area contributed by atoms with Gasteiger partial charge in [0.15, 0.2) is 0 Å². The quantitative estimate of drug-likeness (QED) is 0.632. The van der Waals surface area contributed by atoms with Crippen molar-refractivity contribution in [2.45, 2.75) is 31.7 Å². The molecule has 1 rings (SSSR count). The Labute approximate surface area is 70.1 Å². The summed E-state index contributed by atoms with van der Waals surface area (Å²) >= 11 is 5.17. The highest BCUT2D eigenvalue weighted by atomic mass is 35.5. The highest BCUT2D eigenvalue weighted by molar-refractivity contribution is 6.63. The number of piperidine rings is 1. The molecule has 0 bridgehead atoms. The van der Waals surface area contributed by atoms with Gasteiger partial charge >= 0.3 is 0 Å². The summed E-state index contributed by atoms with van der Waals surface area (Å²) in [6.07, 6.45) is 2.56. The van der Waals surface area contributed by atoms with E-state index in [0.717, 1.165) is 12.8 Å². The predicted octanol–water partition coefficient (Wildman–Crippen LogP) is 0.811. The van der Waals surface area contributed by atoms with Crippen LogP contribution < -0.4 is 5.32 Å². The number of hydrogen-bond donors (Lipinski definition) is 1. The zero-order valence-corrected chi connectivity index (χ0v) is 6.86. The molecule has 0 aromatic rings. The van der Waals surface area contributed by atoms with Crippen molar-refractivity contribution in [3.8, 4) is 0 Å². The molecule has 4 heteroatoms. The molecule has 1 saturated heterocycles. The maximum Gasteiger partial charge on any atom is 0.223 e. The molecule has 0 saturated carbocycles. The molecule has 0 aliphatic carbocycles. The number of rotatable bonds is 2. The third kappa shape index (κ3) is 2.89. The van der Waals surface area contributed by atoms with Crippen molar-refractivity contribution >= 4 is 22.8 Å². The Kier molecular flexibility index (Phi) is 2.88. The van der Waals surface area contributed by atoms with E-state index >= 15 is 0 Å². The van der Waals surface area contributed by atoms with Crippen molar-refractivity contribution in [1.82, 2.24) is 5.32 Å². The minimum Gasteiger partial charge on any atom is -0.353 e. The smallest absolute Gasteiger partial charge is 0.223 e. The van der Waals surface area contributed by atoms with Crippen LogP contribution in [0.1, 0.15) is 25.7 Å². The van der Waals surface area contributed by atoms with Crippen LogP contribution in [-0.4, -0.2) is 17.2 Å². The second-order valence-electron chi connectivity index (χ2n) is 2.72. The standard InChI is InChI=1S/C7H10ClNO2/c8-6(10)4-5-2-1-3-7(11)9-5/h5H,1-4H2,(H,9,11)/t5-/m0/s1. The van der Waals surface area contributed by atoms with E-state index in [4.69, 9.17) is 11.6 Å². The van der Waals surface area contributed by atoms with Crippen LogP contribution in [-0.2, 0) is 9.59 Å². The van der Waals surface area contributed by atoms with Crippen LogP contribution in [0.5, 0.6) is 0 Å². The summed E-state index contributed by atoms with van der Waals surface area (Å²) in [5.74, 6) is 0.0270. The van der Waals surface area contributed by atoms with Crippen LogP contribution in [0.15, 0.2) is 0 Å². The number of nitrogens with one attached hydrogen (secondary N) is 1. The van der Waals surface area contributed by atoms with E-state index in [-0.39, 0.29) is 23.6 Å². The molecule has 0 radical (unpaired) electrons. The second-order valence-corrected chi connectivity index (χ2v) is 3.14. The lowest BCUT2D eigenvalue weighted by molar-refractivity contribution is -0.123. The van der Waals surface area contributed by atoms with Crippen LogP contribution in [0.25, 0.3) is 0 Å². The van der Waals surface area contributed by atoms with Crippen molar-refractivity contribution in [2.75, 3.05) is 0 Å². The first-order chi connectivity index (χ1) is 5.18. The van der Waals surface area contributed by atoms with Gasteiger partial charge in [0, 0.05) is 18.9 Å². The Bertz CT molecular complexity index is 179. The van der Waals surface area contributed by atoms with Crippen molar-refractivity contribution in [3.63, 3.8) is 0 Å². The fourth-order valence-electron chi connectivity index (χ4n) is 1.23. The van der Waals surface area contributed by atoms with Crippen molar-refractivity contribution in [1.29, 1.82) is 0 Å². The summed E-state index contributed by atoms with van der Waals surface area (Å²) in [5.41, 5.74) is 0. The lowest BCUT2D eigenvalue weighted by Gasteiger charge is -2.21. The normalized spacial score (nSPS) is 24.5. The Morgan fingerprint density at radius 1 is 1.73 bits per heavy atom. The topological polar surface area (TPSA) is 46.2 Å². The third-order valence-corrected chi connectivity index (χ3v) is 1.88. The molecule has 0 unspecified atom stereocenters. The Morgan fingerprint density at radius 3 is 3.00 bits per heavy atom. The first kappa shape index (κ1) is 8.53. The number of carbonyl (C=O) groups is 2. The first-order valence-electron chi connectivity index (χ1n) is 3.66. The highest BCUT2D eigenvalue weighted by Crippen LogP contribution is 2.11. The number of hydrogen-bond acceptors (Lipinski definition) is 2. The second kappa shape index (κ2) is 3.72. The van der Waals surface area contributed by atoms with E-state index in [2.05, 4.69) is 5.32 Å². The Hall–Kier alpha value is -0.570. The summed E-state index contributed by atoms with van der Waals surface area (Å²) in [6.45, 7) is 0. The maximum atomic E-state index is 10.8. The average molecular weight is 176 g/mol. The lowest BCUT2D eigenvalue weighted by atomic mass is 10.0. The summed E-state index contributed by atoms with van der Waals surface area (Å²) in [4.78, 5) is 21.2. The fourth-order valence-corrected chi connectivity index (χ4v) is 1.41. The fraction of sp³-hybridized carbons (Fsp3) is 0.714. The zero-order valence-electron chi connectivity index (χ0n) is 6.10. The van der Waals surface area contributed by atoms with Gasteiger partial charge < -0.3 is 5.32 Å². The van der Waals surface area contributed by atoms with Gasteiger partial charge in [-0.25, -0.2) is 0 Å². The SMILES string of the molecule is O=C(Cl)C[C@@H]1CCCC(=O)N1. The molecule has 0 spiro atoms. The largest absolute Gasteiger partial charge is 0.353 e. The van der Waals surface area contributed by atoms with Crippen LogP contribution in [0.2, 0.25) is 0 Å². The molecule has 0 aromatic heterocycles. The van der Waals surface area contributed by atoms with E-state index in [9.17, 15) is 9.59 Å². The molecule has 62 valence electrons. The van der Waals surface area contributed by atoms with Crippen molar-refractivity contribution in [3.05, 3.63) is 0 Å². The van der Waals surface area contributed by atoms with Crippen molar-refractivity contribution < 1.29 is 9.59 Å². The van der Waals surface area contributed by atoms with Gasteiger partial charge in [-0.05, 0) is 24.4 Å². The molecular weight excluding hydrogens is 166 g/mol. The van der Waals surface area contributed by atoms with E-state index in [1.54, 1.807) is 0 Å². The van der Waals surface area contributed by atoms with Gasteiger partial charge in [0.2, 0.25) is 11.1 Å². The molecule has 1 fully saturated rings. The van der Waals surface area contributed by atoms with E-state index < -0.39 is 0 Å². The first-order valence-corrected chi connectivity index (χ1v) is 4.04. The average Bonchev–Trinajstić information content (AvgIpc) is 1.85. The zero-order chi connectivity index (χ0) is 8.27. The van der Waals surface area contributed by atoms with E-state index in [0.29, 0.717) is 6.42 Å². The number of halogens is 1. The highest BCUT2D eigenvalue weighted by Gasteiger charge is 2.19. The molecule has 1 atom stereocenters. The van der Waals surface area contributed by atoms with Gasteiger partial charge in [0.05, 0.1) is 0 Å². The van der Waals surface area contributed by atoms with Gasteiger partial charge in [0.1, 0.15) is 0 Å². The summed E-state index contributed by atoms with van der Waals surface area (Å²) in [7, 11) is 0. The van der Waals surface area contributed by atoms with Gasteiger partial charge in [-0.15, -0.1) is 0 Å². The van der Waals surface area contributed by atoms with Gasteiger partial charge in [-0.2, -0.15) is 0 Å². The molecule has 0 aromatic carbocycles. The summed E-state index contributed by atoms with van der Waals surface area (Å²) in [6, 6.07) is -0.0266. The molecule has 1 N–H and O–H groups in total. The minimum absolute atomic E-state index is 0.0266. The summed E-state index contributed by atoms with van der Waals surface area (Å²) in [5, 5.41) is 2.33. The summed E-state index contributed by atoms with van der Waals surface area (Å²) < 4.78 is 0. The lowest BCUT2D eigenvalue weighted by Crippen LogP contribution is -2.39. The van der Waals surface area contributed by atoms with Gasteiger partial charge in [0.25, 0.3) is 0 Å². The van der Waals surface area contributed by atoms with Gasteiger partial charge in [-0.1, -0.05) is 0 Å². The third-order valence-electron chi connectivity index (χ3n) is 1.73. The van der Waals surface area contributed by atoms with Crippen LogP contribution in [0, 0.1) is 0 Å². The predicted molar refractivity (Wildman–Crippen MR) is 41.3 cm³/mol.